The average Bonchev–Trinajstić information content (AvgIpc) is 2.67. The fourth-order valence-electron chi connectivity index (χ4n) is 2.19. The molecule has 0 spiro atoms. The van der Waals surface area contributed by atoms with Crippen LogP contribution in [0.15, 0.2) is 0 Å². The highest BCUT2D eigenvalue weighted by Crippen LogP contribution is 2.50. The molecular formula is C14H24N2O5S. The minimum absolute atomic E-state index is 0.154. The number of carboxylic acid groups (broad SMARTS) is 2. The molecule has 0 aromatic heterocycles. The van der Waals surface area contributed by atoms with Crippen molar-refractivity contribution in [1.82, 2.24) is 4.90 Å². The predicted molar refractivity (Wildman–Crippen MR) is 83.4 cm³/mol. The van der Waals surface area contributed by atoms with Crippen molar-refractivity contribution in [2.24, 2.45) is 11.1 Å². The lowest BCUT2D eigenvalue weighted by molar-refractivity contribution is -0.159. The topological polar surface area (TPSA) is 121 Å². The first-order valence-electron chi connectivity index (χ1n) is 7.08. The molecule has 8 heteroatoms. The fraction of sp³-hybridized carbons (Fsp3) is 0.786. The third kappa shape index (κ3) is 3.22. The quantitative estimate of drug-likeness (QED) is 0.658. The molecule has 7 nitrogen and oxygen atoms in total. The van der Waals surface area contributed by atoms with Crippen LogP contribution in [0, 0.1) is 5.41 Å². The van der Waals surface area contributed by atoms with Crippen molar-refractivity contribution >= 4 is 29.6 Å². The normalized spacial score (nSPS) is 29.1. The van der Waals surface area contributed by atoms with Gasteiger partial charge in [-0.15, -0.1) is 11.8 Å². The number of rotatable bonds is 3. The van der Waals surface area contributed by atoms with E-state index in [1.54, 1.807) is 13.8 Å². The molecule has 2 heterocycles. The SMILES string of the molecule is CC1(C)S[C@@H]2[C@H](N)C(=O)N2[C@H]1C(=O)O.CCC(C)(C)C(=O)O. The van der Waals surface area contributed by atoms with Gasteiger partial charge < -0.3 is 20.8 Å². The Morgan fingerprint density at radius 3 is 2.18 bits per heavy atom. The molecule has 1 amide bonds. The monoisotopic (exact) mass is 332 g/mol. The summed E-state index contributed by atoms with van der Waals surface area (Å²) in [5.41, 5.74) is 5.04. The Morgan fingerprint density at radius 2 is 1.86 bits per heavy atom. The van der Waals surface area contributed by atoms with Crippen molar-refractivity contribution < 1.29 is 24.6 Å². The molecule has 22 heavy (non-hydrogen) atoms. The molecule has 126 valence electrons. The Labute approximate surface area is 134 Å². The van der Waals surface area contributed by atoms with Gasteiger partial charge in [0.1, 0.15) is 17.5 Å². The molecule has 0 aromatic carbocycles. The number of carboxylic acids is 2. The van der Waals surface area contributed by atoms with Crippen LogP contribution >= 0.6 is 11.8 Å². The Kier molecular flexibility index (Phi) is 5.18. The first kappa shape index (κ1) is 18.8. The van der Waals surface area contributed by atoms with Gasteiger partial charge in [0.05, 0.1) is 5.41 Å². The van der Waals surface area contributed by atoms with Crippen LogP contribution in [-0.4, -0.2) is 55.2 Å². The van der Waals surface area contributed by atoms with Gasteiger partial charge in [0, 0.05) is 4.75 Å². The molecule has 2 aliphatic rings. The van der Waals surface area contributed by atoms with Crippen molar-refractivity contribution in [3.8, 4) is 0 Å². The average molecular weight is 332 g/mol. The fourth-order valence-corrected chi connectivity index (χ4v) is 3.76. The Morgan fingerprint density at radius 1 is 1.36 bits per heavy atom. The van der Waals surface area contributed by atoms with Crippen LogP contribution in [0.2, 0.25) is 0 Å². The molecule has 0 aliphatic carbocycles. The molecular weight excluding hydrogens is 308 g/mol. The number of amides is 1. The van der Waals surface area contributed by atoms with Gasteiger partial charge in [-0.25, -0.2) is 4.79 Å². The molecule has 0 aromatic rings. The number of hydrogen-bond acceptors (Lipinski definition) is 5. The molecule has 2 rings (SSSR count). The van der Waals surface area contributed by atoms with Gasteiger partial charge in [0.2, 0.25) is 5.91 Å². The number of β-lactam (4-membered cyclic amide) rings is 1. The molecule has 4 N–H and O–H groups in total. The summed E-state index contributed by atoms with van der Waals surface area (Å²) in [5, 5.41) is 17.3. The highest BCUT2D eigenvalue weighted by molar-refractivity contribution is 8.01. The second kappa shape index (κ2) is 6.08. The summed E-state index contributed by atoms with van der Waals surface area (Å²) >= 11 is 1.47. The number of hydrogen-bond donors (Lipinski definition) is 3. The molecule has 2 fully saturated rings. The lowest BCUT2D eigenvalue weighted by Crippen LogP contribution is -2.68. The number of fused-ring (bicyclic) bond motifs is 1. The summed E-state index contributed by atoms with van der Waals surface area (Å²) in [4.78, 5) is 34.0. The second-order valence-electron chi connectivity index (χ2n) is 6.67. The highest BCUT2D eigenvalue weighted by atomic mass is 32.2. The smallest absolute Gasteiger partial charge is 0.327 e. The zero-order chi connectivity index (χ0) is 17.5. The first-order chi connectivity index (χ1) is 9.86. The highest BCUT2D eigenvalue weighted by Gasteiger charge is 2.62. The van der Waals surface area contributed by atoms with Gasteiger partial charge in [0.25, 0.3) is 0 Å². The van der Waals surface area contributed by atoms with Crippen LogP contribution in [0.3, 0.4) is 0 Å². The number of nitrogens with two attached hydrogens (primary N) is 1. The largest absolute Gasteiger partial charge is 0.481 e. The van der Waals surface area contributed by atoms with Crippen molar-refractivity contribution in [3.63, 3.8) is 0 Å². The van der Waals surface area contributed by atoms with E-state index in [9.17, 15) is 14.4 Å². The van der Waals surface area contributed by atoms with Crippen LogP contribution in [-0.2, 0) is 14.4 Å². The van der Waals surface area contributed by atoms with Crippen molar-refractivity contribution in [2.75, 3.05) is 0 Å². The summed E-state index contributed by atoms with van der Waals surface area (Å²) in [7, 11) is 0. The van der Waals surface area contributed by atoms with E-state index in [1.165, 1.54) is 16.7 Å². The zero-order valence-electron chi connectivity index (χ0n) is 13.5. The number of carbonyl (C=O) groups excluding carboxylic acids is 1. The van der Waals surface area contributed by atoms with E-state index in [2.05, 4.69) is 0 Å². The number of carbonyl (C=O) groups is 3. The second-order valence-corrected chi connectivity index (χ2v) is 8.44. The third-order valence-corrected chi connectivity index (χ3v) is 5.77. The third-order valence-electron chi connectivity index (χ3n) is 4.18. The van der Waals surface area contributed by atoms with E-state index >= 15 is 0 Å². The predicted octanol–water partition coefficient (Wildman–Crippen LogP) is 0.968. The minimum Gasteiger partial charge on any atom is -0.481 e. The molecule has 0 saturated carbocycles. The maximum absolute atomic E-state index is 11.4. The maximum Gasteiger partial charge on any atom is 0.327 e. The molecule has 3 atom stereocenters. The Hall–Kier alpha value is -1.28. The molecule has 2 saturated heterocycles. The summed E-state index contributed by atoms with van der Waals surface area (Å²) in [6.45, 7) is 8.96. The van der Waals surface area contributed by atoms with Crippen LogP contribution in [0.1, 0.15) is 41.0 Å². The van der Waals surface area contributed by atoms with E-state index in [0.717, 1.165) is 0 Å². The molecule has 0 radical (unpaired) electrons. The van der Waals surface area contributed by atoms with E-state index in [-0.39, 0.29) is 11.3 Å². The van der Waals surface area contributed by atoms with Crippen LogP contribution < -0.4 is 5.73 Å². The number of thioether (sulfide) groups is 1. The number of aliphatic carboxylic acids is 2. The van der Waals surface area contributed by atoms with Gasteiger partial charge in [-0.2, -0.15) is 0 Å². The molecule has 0 unspecified atom stereocenters. The molecule has 2 aliphatic heterocycles. The summed E-state index contributed by atoms with van der Waals surface area (Å²) in [5.74, 6) is -1.93. The van der Waals surface area contributed by atoms with Crippen LogP contribution in [0.4, 0.5) is 0 Å². The maximum atomic E-state index is 11.4. The van der Waals surface area contributed by atoms with Gasteiger partial charge >= 0.3 is 11.9 Å². The molecule has 0 bridgehead atoms. The van der Waals surface area contributed by atoms with Gasteiger partial charge in [-0.05, 0) is 34.1 Å². The van der Waals surface area contributed by atoms with E-state index in [4.69, 9.17) is 15.9 Å². The standard InChI is InChI=1S/C8H12N2O3S.C6H12O2/c1-8(2)4(7(12)13)10-5(11)3(9)6(10)14-8;1-4-6(2,3)5(7)8/h3-4,6H,9H2,1-2H3,(H,12,13);4H2,1-3H3,(H,7,8)/t3-,4+,6-;/m1./s1. The number of nitrogens with zero attached hydrogens (tertiary/aromatic N) is 1. The van der Waals surface area contributed by atoms with Crippen LogP contribution in [0.25, 0.3) is 0 Å². The minimum atomic E-state index is -0.953. The summed E-state index contributed by atoms with van der Waals surface area (Å²) < 4.78 is -0.458. The van der Waals surface area contributed by atoms with Crippen molar-refractivity contribution in [3.05, 3.63) is 0 Å². The van der Waals surface area contributed by atoms with Crippen molar-refractivity contribution in [1.29, 1.82) is 0 Å². The first-order valence-corrected chi connectivity index (χ1v) is 7.96. The van der Waals surface area contributed by atoms with Crippen LogP contribution in [0.5, 0.6) is 0 Å². The van der Waals surface area contributed by atoms with Crippen molar-refractivity contribution in [2.45, 2.75) is 63.2 Å². The zero-order valence-corrected chi connectivity index (χ0v) is 14.3. The lowest BCUT2D eigenvalue weighted by atomic mass is 9.91. The summed E-state index contributed by atoms with van der Waals surface area (Å²) in [6, 6.07) is -1.27. The Bertz CT molecular complexity index is 492. The van der Waals surface area contributed by atoms with Gasteiger partial charge in [0.15, 0.2) is 0 Å². The van der Waals surface area contributed by atoms with Gasteiger partial charge in [-0.1, -0.05) is 6.92 Å². The Balaban J connectivity index is 0.000000261. The van der Waals surface area contributed by atoms with E-state index in [0.29, 0.717) is 6.42 Å². The van der Waals surface area contributed by atoms with E-state index in [1.807, 2.05) is 20.8 Å². The summed E-state index contributed by atoms with van der Waals surface area (Å²) in [6.07, 6.45) is 0.683. The van der Waals surface area contributed by atoms with Gasteiger partial charge in [-0.3, -0.25) is 9.59 Å². The van der Waals surface area contributed by atoms with E-state index < -0.39 is 34.2 Å². The lowest BCUT2D eigenvalue weighted by Gasteiger charge is -2.41.